The van der Waals surface area contributed by atoms with Crippen LogP contribution in [0.15, 0.2) is 72.9 Å². The van der Waals surface area contributed by atoms with E-state index < -0.39 is 13.9 Å². The molecule has 0 spiro atoms. The fourth-order valence-electron chi connectivity index (χ4n) is 4.61. The number of ether oxygens (including phenoxy) is 2. The summed E-state index contributed by atoms with van der Waals surface area (Å²) in [6.07, 6.45) is 44.9. The molecule has 0 aliphatic rings. The monoisotopic (exact) mass is 707 g/mol. The van der Waals surface area contributed by atoms with Gasteiger partial charge in [0.05, 0.1) is 19.8 Å². The van der Waals surface area contributed by atoms with E-state index in [0.29, 0.717) is 13.0 Å². The van der Waals surface area contributed by atoms with Gasteiger partial charge in [0.2, 0.25) is 0 Å². The minimum atomic E-state index is -4.28. The van der Waals surface area contributed by atoms with Gasteiger partial charge in [0.25, 0.3) is 0 Å². The third-order valence-electron chi connectivity index (χ3n) is 7.34. The molecule has 0 aliphatic carbocycles. The average molecular weight is 708 g/mol. The summed E-state index contributed by atoms with van der Waals surface area (Å²) in [5.74, 6) is -0.368. The van der Waals surface area contributed by atoms with Crippen molar-refractivity contribution in [2.75, 3.05) is 33.0 Å². The number of unbranched alkanes of at least 4 members (excludes halogenated alkanes) is 10. The van der Waals surface area contributed by atoms with Crippen LogP contribution >= 0.6 is 7.82 Å². The van der Waals surface area contributed by atoms with E-state index in [2.05, 4.69) is 86.8 Å². The van der Waals surface area contributed by atoms with Crippen molar-refractivity contribution >= 4 is 13.8 Å². The van der Waals surface area contributed by atoms with Gasteiger partial charge in [-0.3, -0.25) is 13.8 Å². The molecule has 0 fully saturated rings. The van der Waals surface area contributed by atoms with Crippen molar-refractivity contribution in [1.29, 1.82) is 0 Å². The van der Waals surface area contributed by atoms with Gasteiger partial charge in [-0.25, -0.2) is 4.57 Å². The molecular formula is C40H70NO7P. The number of carbonyl (C=O) groups excluding carboxylic acids is 1. The molecule has 0 rings (SSSR count). The van der Waals surface area contributed by atoms with Crippen LogP contribution in [0.3, 0.4) is 0 Å². The summed E-state index contributed by atoms with van der Waals surface area (Å²) in [4.78, 5) is 22.4. The number of allylic oxidation sites excluding steroid dienone is 12. The molecule has 0 aromatic heterocycles. The maximum absolute atomic E-state index is 12.5. The number of phosphoric ester groups is 1. The number of nitrogens with two attached hydrogens (primary N) is 1. The lowest BCUT2D eigenvalue weighted by molar-refractivity contribution is -0.154. The maximum atomic E-state index is 12.5. The summed E-state index contributed by atoms with van der Waals surface area (Å²) in [7, 11) is -4.28. The zero-order valence-electron chi connectivity index (χ0n) is 30.9. The zero-order valence-corrected chi connectivity index (χ0v) is 31.8. The van der Waals surface area contributed by atoms with E-state index in [1.165, 1.54) is 32.1 Å². The second kappa shape index (κ2) is 37.2. The highest BCUT2D eigenvalue weighted by Gasteiger charge is 2.25. The molecule has 0 aromatic carbocycles. The maximum Gasteiger partial charge on any atom is 0.472 e. The molecule has 0 amide bonds. The third kappa shape index (κ3) is 37.0. The molecule has 0 heterocycles. The number of esters is 1. The Kier molecular flexibility index (Phi) is 35.6. The molecular weight excluding hydrogens is 637 g/mol. The number of carbonyl (C=O) groups is 1. The van der Waals surface area contributed by atoms with Gasteiger partial charge in [-0.05, 0) is 77.0 Å². The van der Waals surface area contributed by atoms with Gasteiger partial charge >= 0.3 is 13.8 Å². The van der Waals surface area contributed by atoms with E-state index in [1.807, 2.05) is 0 Å². The van der Waals surface area contributed by atoms with E-state index in [9.17, 15) is 14.3 Å². The van der Waals surface area contributed by atoms with Crippen LogP contribution in [0.2, 0.25) is 0 Å². The molecule has 282 valence electrons. The molecule has 0 saturated heterocycles. The van der Waals surface area contributed by atoms with E-state index >= 15 is 0 Å². The lowest BCUT2D eigenvalue weighted by atomic mass is 10.1. The second-order valence-corrected chi connectivity index (χ2v) is 13.5. The van der Waals surface area contributed by atoms with Gasteiger partial charge in [0, 0.05) is 19.6 Å². The molecule has 9 heteroatoms. The largest absolute Gasteiger partial charge is 0.472 e. The van der Waals surface area contributed by atoms with E-state index in [4.69, 9.17) is 24.3 Å². The van der Waals surface area contributed by atoms with Gasteiger partial charge in [-0.15, -0.1) is 0 Å². The summed E-state index contributed by atoms with van der Waals surface area (Å²) in [5.41, 5.74) is 5.35. The number of hydrogen-bond acceptors (Lipinski definition) is 7. The van der Waals surface area contributed by atoms with Crippen molar-refractivity contribution in [3.8, 4) is 0 Å². The Morgan fingerprint density at radius 3 is 1.73 bits per heavy atom. The van der Waals surface area contributed by atoms with Crippen molar-refractivity contribution in [2.24, 2.45) is 5.73 Å². The van der Waals surface area contributed by atoms with Gasteiger partial charge in [-0.2, -0.15) is 0 Å². The number of phosphoric acid groups is 1. The lowest BCUT2D eigenvalue weighted by Crippen LogP contribution is -2.28. The minimum absolute atomic E-state index is 0.0898. The molecule has 0 radical (unpaired) electrons. The molecule has 8 nitrogen and oxygen atoms in total. The van der Waals surface area contributed by atoms with Crippen LogP contribution in [-0.2, 0) is 27.9 Å². The average Bonchev–Trinajstić information content (AvgIpc) is 3.09. The summed E-state index contributed by atoms with van der Waals surface area (Å²) >= 11 is 0. The smallest absolute Gasteiger partial charge is 0.457 e. The minimum Gasteiger partial charge on any atom is -0.457 e. The summed E-state index contributed by atoms with van der Waals surface area (Å²) in [6, 6.07) is 0. The van der Waals surface area contributed by atoms with E-state index in [1.54, 1.807) is 0 Å². The highest BCUT2D eigenvalue weighted by molar-refractivity contribution is 7.47. The van der Waals surface area contributed by atoms with Crippen LogP contribution in [0.4, 0.5) is 0 Å². The van der Waals surface area contributed by atoms with E-state index in [-0.39, 0.29) is 38.8 Å². The first-order chi connectivity index (χ1) is 23.9. The lowest BCUT2D eigenvalue weighted by Gasteiger charge is -2.20. The second-order valence-electron chi connectivity index (χ2n) is 12.1. The fourth-order valence-corrected chi connectivity index (χ4v) is 5.38. The Balaban J connectivity index is 4.18. The van der Waals surface area contributed by atoms with Crippen LogP contribution in [0.5, 0.6) is 0 Å². The quantitative estimate of drug-likeness (QED) is 0.0289. The molecule has 2 atom stereocenters. The molecule has 3 N–H and O–H groups in total. The normalized spacial score (nSPS) is 14.4. The Morgan fingerprint density at radius 2 is 1.14 bits per heavy atom. The van der Waals surface area contributed by atoms with Crippen LogP contribution in [0, 0.1) is 0 Å². The van der Waals surface area contributed by atoms with Gasteiger partial charge in [0.1, 0.15) is 6.10 Å². The molecule has 0 bridgehead atoms. The van der Waals surface area contributed by atoms with Crippen molar-refractivity contribution in [1.82, 2.24) is 0 Å². The van der Waals surface area contributed by atoms with Crippen molar-refractivity contribution < 1.29 is 32.8 Å². The molecule has 0 aromatic rings. The molecule has 0 aliphatic heterocycles. The fraction of sp³-hybridized carbons (Fsp3) is 0.675. The summed E-state index contributed by atoms with van der Waals surface area (Å²) in [5, 5.41) is 0. The summed E-state index contributed by atoms with van der Waals surface area (Å²) < 4.78 is 33.2. The van der Waals surface area contributed by atoms with Crippen LogP contribution < -0.4 is 5.73 Å². The van der Waals surface area contributed by atoms with Crippen molar-refractivity contribution in [3.05, 3.63) is 72.9 Å². The van der Waals surface area contributed by atoms with Gasteiger partial charge in [-0.1, -0.05) is 125 Å². The standard InChI is InChI=1S/C40H70NO7P/c1-3-5-7-9-11-13-15-16-17-18-19-20-21-22-23-25-27-29-31-33-40(42)48-39(38-47-49(43,44)46-36-34-41)37-45-35-32-30-28-26-24-14-12-10-8-6-4-2/h5,7-8,10-11,13,16-17,19-20,22-23,39H,3-4,6,9,12,14-15,18,21,24-38,41H2,1-2H3,(H,43,44)/b7-5-,10-8-,13-11-,17-16-,20-19-,23-22-. The Hall–Kier alpha value is -2.06. The predicted molar refractivity (Wildman–Crippen MR) is 205 cm³/mol. The Bertz CT molecular complexity index is 974. The van der Waals surface area contributed by atoms with Gasteiger partial charge in [0.15, 0.2) is 0 Å². The third-order valence-corrected chi connectivity index (χ3v) is 8.32. The molecule has 0 saturated carbocycles. The van der Waals surface area contributed by atoms with E-state index in [0.717, 1.165) is 77.0 Å². The Labute approximate surface area is 299 Å². The first-order valence-corrected chi connectivity index (χ1v) is 20.4. The number of hydrogen-bond donors (Lipinski definition) is 2. The predicted octanol–water partition coefficient (Wildman–Crippen LogP) is 10.8. The highest BCUT2D eigenvalue weighted by Crippen LogP contribution is 2.43. The van der Waals surface area contributed by atoms with Gasteiger partial charge < -0.3 is 20.1 Å². The first kappa shape index (κ1) is 46.9. The van der Waals surface area contributed by atoms with Crippen molar-refractivity contribution in [2.45, 2.75) is 142 Å². The molecule has 2 unspecified atom stereocenters. The highest BCUT2D eigenvalue weighted by atomic mass is 31.2. The van der Waals surface area contributed by atoms with Crippen LogP contribution in [-0.4, -0.2) is 49.9 Å². The zero-order chi connectivity index (χ0) is 35.9. The number of rotatable bonds is 35. The Morgan fingerprint density at radius 1 is 0.633 bits per heavy atom. The van der Waals surface area contributed by atoms with Crippen molar-refractivity contribution in [3.63, 3.8) is 0 Å². The molecule has 49 heavy (non-hydrogen) atoms. The SMILES string of the molecule is CC/C=C\C/C=C\C/C=C\C/C=C\C/C=C\CCCCCC(=O)OC(COCCCCCCCC/C=C\CCC)COP(=O)(O)OCCN. The van der Waals surface area contributed by atoms with Crippen LogP contribution in [0.1, 0.15) is 136 Å². The first-order valence-electron chi connectivity index (χ1n) is 18.9. The van der Waals surface area contributed by atoms with Crippen LogP contribution in [0.25, 0.3) is 0 Å². The topological polar surface area (TPSA) is 117 Å². The summed E-state index contributed by atoms with van der Waals surface area (Å²) in [6.45, 7) is 4.66.